The maximum Gasteiger partial charge on any atom is 0.303 e. The van der Waals surface area contributed by atoms with Crippen LogP contribution >= 0.6 is 0 Å². The zero-order valence-electron chi connectivity index (χ0n) is 14.4. The molecule has 0 amide bonds. The number of aromatic nitrogens is 1. The molecule has 5 heteroatoms. The van der Waals surface area contributed by atoms with Gasteiger partial charge in [-0.05, 0) is 68.1 Å². The molecule has 1 saturated heterocycles. The van der Waals surface area contributed by atoms with E-state index in [0.717, 1.165) is 48.4 Å². The molecule has 1 aromatic heterocycles. The molecule has 0 aliphatic carbocycles. The van der Waals surface area contributed by atoms with Crippen molar-refractivity contribution in [3.63, 3.8) is 0 Å². The van der Waals surface area contributed by atoms with Crippen LogP contribution in [0.25, 0.3) is 0 Å². The molecule has 0 bridgehead atoms. The monoisotopic (exact) mass is 342 g/mol. The van der Waals surface area contributed by atoms with Crippen LogP contribution in [-0.4, -0.2) is 27.5 Å². The van der Waals surface area contributed by atoms with E-state index in [9.17, 15) is 9.18 Å². The largest absolute Gasteiger partial charge is 0.481 e. The summed E-state index contributed by atoms with van der Waals surface area (Å²) in [4.78, 5) is 17.9. The van der Waals surface area contributed by atoms with E-state index < -0.39 is 5.97 Å². The van der Waals surface area contributed by atoms with E-state index in [2.05, 4.69) is 4.90 Å². The third-order valence-corrected chi connectivity index (χ3v) is 4.66. The van der Waals surface area contributed by atoms with E-state index in [1.165, 1.54) is 12.1 Å². The highest BCUT2D eigenvalue weighted by molar-refractivity contribution is 5.67. The fourth-order valence-corrected chi connectivity index (χ4v) is 3.51. The summed E-state index contributed by atoms with van der Waals surface area (Å²) in [5.41, 5.74) is 4.05. The van der Waals surface area contributed by atoms with Crippen molar-refractivity contribution in [3.8, 4) is 0 Å². The van der Waals surface area contributed by atoms with E-state index in [1.807, 2.05) is 31.2 Å². The van der Waals surface area contributed by atoms with Gasteiger partial charge in [-0.25, -0.2) is 4.39 Å². The third kappa shape index (κ3) is 4.63. The van der Waals surface area contributed by atoms with E-state index in [4.69, 9.17) is 10.1 Å². The number of hydrogen-bond acceptors (Lipinski definition) is 3. The molecular formula is C20H23FN2O2. The van der Waals surface area contributed by atoms with Gasteiger partial charge < -0.3 is 5.11 Å². The molecule has 1 aromatic carbocycles. The Hall–Kier alpha value is -2.27. The number of halogens is 1. The highest BCUT2D eigenvalue weighted by Crippen LogP contribution is 2.33. The van der Waals surface area contributed by atoms with E-state index >= 15 is 0 Å². The standard InChI is InChI=1S/C20H23FN2O2/c1-14-11-16(6-9-20(24)25)12-18(22-14)19-3-2-10-23(19)13-15-4-7-17(21)8-5-15/h4-5,7-8,11-12,19H,2-3,6,9-10,13H2,1H3,(H,24,25)/t19-/m1/s1. The quantitative estimate of drug-likeness (QED) is 0.865. The normalized spacial score (nSPS) is 17.8. The Morgan fingerprint density at radius 2 is 2.04 bits per heavy atom. The summed E-state index contributed by atoms with van der Waals surface area (Å²) in [5.74, 6) is -1.00. The highest BCUT2D eigenvalue weighted by atomic mass is 19.1. The number of benzene rings is 1. The van der Waals surface area contributed by atoms with Gasteiger partial charge in [-0.15, -0.1) is 0 Å². The van der Waals surface area contributed by atoms with Crippen molar-refractivity contribution in [2.45, 2.75) is 45.2 Å². The number of carboxylic acid groups (broad SMARTS) is 1. The summed E-state index contributed by atoms with van der Waals surface area (Å²) in [5, 5.41) is 8.90. The van der Waals surface area contributed by atoms with Crippen molar-refractivity contribution in [3.05, 3.63) is 64.7 Å². The molecule has 0 radical (unpaired) electrons. The maximum absolute atomic E-state index is 13.1. The minimum Gasteiger partial charge on any atom is -0.481 e. The first kappa shape index (κ1) is 17.5. The number of pyridine rings is 1. The predicted molar refractivity (Wildman–Crippen MR) is 93.7 cm³/mol. The Morgan fingerprint density at radius 1 is 1.28 bits per heavy atom. The second-order valence-corrected chi connectivity index (χ2v) is 6.69. The molecule has 2 aromatic rings. The zero-order chi connectivity index (χ0) is 17.8. The molecule has 1 atom stereocenters. The summed E-state index contributed by atoms with van der Waals surface area (Å²) in [7, 11) is 0. The van der Waals surface area contributed by atoms with Crippen molar-refractivity contribution < 1.29 is 14.3 Å². The summed E-state index contributed by atoms with van der Waals surface area (Å²) in [6, 6.07) is 10.9. The number of likely N-dealkylation sites (tertiary alicyclic amines) is 1. The number of hydrogen-bond donors (Lipinski definition) is 1. The molecule has 1 aliphatic heterocycles. The van der Waals surface area contributed by atoms with E-state index in [1.54, 1.807) is 0 Å². The van der Waals surface area contributed by atoms with E-state index in [0.29, 0.717) is 6.42 Å². The molecule has 2 heterocycles. The van der Waals surface area contributed by atoms with Gasteiger partial charge in [0.15, 0.2) is 0 Å². The highest BCUT2D eigenvalue weighted by Gasteiger charge is 2.27. The van der Waals surface area contributed by atoms with Crippen LogP contribution in [0.3, 0.4) is 0 Å². The van der Waals surface area contributed by atoms with Crippen LogP contribution in [0.1, 0.15) is 47.8 Å². The molecular weight excluding hydrogens is 319 g/mol. The molecule has 1 fully saturated rings. The molecule has 0 saturated carbocycles. The van der Waals surface area contributed by atoms with Crippen LogP contribution in [0.15, 0.2) is 36.4 Å². The molecule has 1 aliphatic rings. The number of carboxylic acids is 1. The van der Waals surface area contributed by atoms with Crippen molar-refractivity contribution in [1.82, 2.24) is 9.88 Å². The van der Waals surface area contributed by atoms with Crippen LogP contribution in [0.2, 0.25) is 0 Å². The second-order valence-electron chi connectivity index (χ2n) is 6.69. The third-order valence-electron chi connectivity index (χ3n) is 4.66. The van der Waals surface area contributed by atoms with Crippen LogP contribution < -0.4 is 0 Å². The predicted octanol–water partition coefficient (Wildman–Crippen LogP) is 3.88. The van der Waals surface area contributed by atoms with Crippen LogP contribution in [-0.2, 0) is 17.8 Å². The van der Waals surface area contributed by atoms with Crippen molar-refractivity contribution in [2.75, 3.05) is 6.54 Å². The fraction of sp³-hybridized carbons (Fsp3) is 0.400. The molecule has 25 heavy (non-hydrogen) atoms. The first-order valence-electron chi connectivity index (χ1n) is 8.69. The topological polar surface area (TPSA) is 53.4 Å². The molecule has 0 spiro atoms. The van der Waals surface area contributed by atoms with Gasteiger partial charge in [0.05, 0.1) is 11.7 Å². The lowest BCUT2D eigenvalue weighted by molar-refractivity contribution is -0.136. The van der Waals surface area contributed by atoms with Gasteiger partial charge in [-0.3, -0.25) is 14.7 Å². The van der Waals surface area contributed by atoms with Gasteiger partial charge in [0.2, 0.25) is 0 Å². The SMILES string of the molecule is Cc1cc(CCC(=O)O)cc([C@H]2CCCN2Cc2ccc(F)cc2)n1. The average molecular weight is 342 g/mol. The lowest BCUT2D eigenvalue weighted by Gasteiger charge is -2.25. The average Bonchev–Trinajstić information content (AvgIpc) is 3.03. The number of carbonyl (C=O) groups is 1. The Kier molecular flexibility index (Phi) is 5.43. The number of rotatable bonds is 6. The lowest BCUT2D eigenvalue weighted by Crippen LogP contribution is -2.23. The van der Waals surface area contributed by atoms with Crippen LogP contribution in [0.5, 0.6) is 0 Å². The van der Waals surface area contributed by atoms with Gasteiger partial charge in [0.25, 0.3) is 0 Å². The van der Waals surface area contributed by atoms with Crippen molar-refractivity contribution >= 4 is 5.97 Å². The molecule has 0 unspecified atom stereocenters. The summed E-state index contributed by atoms with van der Waals surface area (Å²) < 4.78 is 13.1. The Bertz CT molecular complexity index is 746. The first-order valence-corrected chi connectivity index (χ1v) is 8.69. The first-order chi connectivity index (χ1) is 12.0. The molecule has 1 N–H and O–H groups in total. The van der Waals surface area contributed by atoms with Crippen LogP contribution in [0, 0.1) is 12.7 Å². The molecule has 132 valence electrons. The second kappa shape index (κ2) is 7.74. The maximum atomic E-state index is 13.1. The Balaban J connectivity index is 1.77. The zero-order valence-corrected chi connectivity index (χ0v) is 14.4. The van der Waals surface area contributed by atoms with Gasteiger partial charge in [-0.2, -0.15) is 0 Å². The van der Waals surface area contributed by atoms with Gasteiger partial charge in [-0.1, -0.05) is 12.1 Å². The smallest absolute Gasteiger partial charge is 0.303 e. The van der Waals surface area contributed by atoms with Crippen molar-refractivity contribution in [1.29, 1.82) is 0 Å². The van der Waals surface area contributed by atoms with Crippen molar-refractivity contribution in [2.24, 2.45) is 0 Å². The number of aryl methyl sites for hydroxylation is 2. The number of nitrogens with zero attached hydrogens (tertiary/aromatic N) is 2. The van der Waals surface area contributed by atoms with E-state index in [-0.39, 0.29) is 18.3 Å². The van der Waals surface area contributed by atoms with Gasteiger partial charge >= 0.3 is 5.97 Å². The summed E-state index contributed by atoms with van der Waals surface area (Å²) in [6.45, 7) is 3.71. The van der Waals surface area contributed by atoms with Crippen LogP contribution in [0.4, 0.5) is 4.39 Å². The van der Waals surface area contributed by atoms with Gasteiger partial charge in [0.1, 0.15) is 5.82 Å². The lowest BCUT2D eigenvalue weighted by atomic mass is 10.0. The fourth-order valence-electron chi connectivity index (χ4n) is 3.51. The molecule has 4 nitrogen and oxygen atoms in total. The minimum atomic E-state index is -0.783. The summed E-state index contributed by atoms with van der Waals surface area (Å²) in [6.07, 6.45) is 2.80. The summed E-state index contributed by atoms with van der Waals surface area (Å²) >= 11 is 0. The van der Waals surface area contributed by atoms with Gasteiger partial charge in [0, 0.05) is 18.7 Å². The Morgan fingerprint density at radius 3 is 2.76 bits per heavy atom. The minimum absolute atomic E-state index is 0.132. The molecule has 3 rings (SSSR count). The number of aliphatic carboxylic acids is 1. The Labute approximate surface area is 147 Å².